The van der Waals surface area contributed by atoms with Gasteiger partial charge in [-0.3, -0.25) is 0 Å². The molecule has 1 aromatic heterocycles. The van der Waals surface area contributed by atoms with Crippen molar-refractivity contribution >= 4 is 0 Å². The Kier molecular flexibility index (Phi) is 5.86. The maximum Gasteiger partial charge on any atom is 0.250 e. The Morgan fingerprint density at radius 2 is 2.18 bits per heavy atom. The summed E-state index contributed by atoms with van der Waals surface area (Å²) in [5, 5.41) is 0. The third-order valence-electron chi connectivity index (χ3n) is 2.07. The van der Waals surface area contributed by atoms with Crippen LogP contribution in [0.2, 0.25) is 0 Å². The molecule has 96 valence electrons. The van der Waals surface area contributed by atoms with Gasteiger partial charge < -0.3 is 15.2 Å². The molecule has 0 bridgehead atoms. The number of ether oxygens (including phenoxy) is 2. The van der Waals surface area contributed by atoms with Gasteiger partial charge in [-0.1, -0.05) is 13.8 Å². The predicted octanol–water partition coefficient (Wildman–Crippen LogP) is 1.73. The fourth-order valence-electron chi connectivity index (χ4n) is 1.24. The van der Waals surface area contributed by atoms with Crippen LogP contribution in [-0.4, -0.2) is 24.8 Å². The molecular weight excluding hydrogens is 223 g/mol. The molecule has 0 saturated heterocycles. The fourth-order valence-corrected chi connectivity index (χ4v) is 1.24. The average Bonchev–Trinajstić information content (AvgIpc) is 2.30. The molecule has 5 heteroatoms. The highest BCUT2D eigenvalue weighted by molar-refractivity contribution is 5.23. The Balaban J connectivity index is 2.36. The van der Waals surface area contributed by atoms with Crippen molar-refractivity contribution in [1.82, 2.24) is 4.98 Å². The monoisotopic (exact) mass is 242 g/mol. The molecule has 0 fully saturated rings. The number of hydrogen-bond acceptors (Lipinski definition) is 4. The van der Waals surface area contributed by atoms with Crippen LogP contribution in [0.3, 0.4) is 0 Å². The van der Waals surface area contributed by atoms with Crippen molar-refractivity contribution in [3.05, 3.63) is 23.6 Å². The van der Waals surface area contributed by atoms with Gasteiger partial charge in [0.15, 0.2) is 5.82 Å². The summed E-state index contributed by atoms with van der Waals surface area (Å²) in [5.74, 6) is -0.0228. The van der Waals surface area contributed by atoms with Gasteiger partial charge in [-0.15, -0.1) is 0 Å². The molecule has 0 radical (unpaired) electrons. The van der Waals surface area contributed by atoms with Gasteiger partial charge in [0.05, 0.1) is 6.61 Å². The second-order valence-corrected chi connectivity index (χ2v) is 4.11. The second kappa shape index (κ2) is 7.19. The van der Waals surface area contributed by atoms with E-state index in [2.05, 4.69) is 18.8 Å². The summed E-state index contributed by atoms with van der Waals surface area (Å²) >= 11 is 0. The van der Waals surface area contributed by atoms with Crippen LogP contribution in [-0.2, 0) is 11.3 Å². The zero-order valence-corrected chi connectivity index (χ0v) is 10.3. The van der Waals surface area contributed by atoms with Crippen LogP contribution < -0.4 is 10.5 Å². The van der Waals surface area contributed by atoms with Crippen molar-refractivity contribution in [3.63, 3.8) is 0 Å². The van der Waals surface area contributed by atoms with Crippen molar-refractivity contribution in [2.75, 3.05) is 19.8 Å². The third kappa shape index (κ3) is 4.66. The summed E-state index contributed by atoms with van der Waals surface area (Å²) in [6, 6.07) is 1.54. The topological polar surface area (TPSA) is 57.4 Å². The number of hydrogen-bond donors (Lipinski definition) is 1. The maximum absolute atomic E-state index is 13.6. The lowest BCUT2D eigenvalue weighted by molar-refractivity contribution is 0.0793. The molecule has 0 saturated carbocycles. The van der Waals surface area contributed by atoms with Gasteiger partial charge in [-0.2, -0.15) is 0 Å². The zero-order valence-electron chi connectivity index (χ0n) is 10.3. The van der Waals surface area contributed by atoms with Crippen LogP contribution in [0.25, 0.3) is 0 Å². The summed E-state index contributed by atoms with van der Waals surface area (Å²) in [5.41, 5.74) is 5.78. The summed E-state index contributed by atoms with van der Waals surface area (Å²) < 4.78 is 24.1. The van der Waals surface area contributed by atoms with Gasteiger partial charge in [0, 0.05) is 24.9 Å². The van der Waals surface area contributed by atoms with Gasteiger partial charge in [0.2, 0.25) is 0 Å². The first-order valence-electron chi connectivity index (χ1n) is 5.69. The van der Waals surface area contributed by atoms with Crippen molar-refractivity contribution in [2.45, 2.75) is 20.4 Å². The fraction of sp³-hybridized carbons (Fsp3) is 0.583. The SMILES string of the molecule is CC(C)COCCOc1nccc(CN)c1F. The van der Waals surface area contributed by atoms with Gasteiger partial charge in [-0.05, 0) is 12.0 Å². The van der Waals surface area contributed by atoms with Gasteiger partial charge in [0.1, 0.15) is 6.61 Å². The van der Waals surface area contributed by atoms with Crippen LogP contribution in [0.15, 0.2) is 12.3 Å². The normalized spacial score (nSPS) is 10.9. The number of aromatic nitrogens is 1. The van der Waals surface area contributed by atoms with E-state index in [-0.39, 0.29) is 19.0 Å². The molecule has 0 unspecified atom stereocenters. The molecule has 4 nitrogen and oxygen atoms in total. The molecule has 2 N–H and O–H groups in total. The smallest absolute Gasteiger partial charge is 0.250 e. The van der Waals surface area contributed by atoms with Gasteiger partial charge in [-0.25, -0.2) is 9.37 Å². The summed E-state index contributed by atoms with van der Waals surface area (Å²) in [4.78, 5) is 3.81. The first-order chi connectivity index (χ1) is 8.15. The lowest BCUT2D eigenvalue weighted by Crippen LogP contribution is -2.12. The van der Waals surface area contributed by atoms with E-state index in [4.69, 9.17) is 15.2 Å². The number of nitrogens with zero attached hydrogens (tertiary/aromatic N) is 1. The van der Waals surface area contributed by atoms with Crippen molar-refractivity contribution in [2.24, 2.45) is 11.7 Å². The second-order valence-electron chi connectivity index (χ2n) is 4.11. The molecule has 1 heterocycles. The molecular formula is C12H19FN2O2. The lowest BCUT2D eigenvalue weighted by Gasteiger charge is -2.09. The van der Waals surface area contributed by atoms with Gasteiger partial charge >= 0.3 is 0 Å². The van der Waals surface area contributed by atoms with E-state index in [0.717, 1.165) is 0 Å². The summed E-state index contributed by atoms with van der Waals surface area (Å²) in [6.07, 6.45) is 1.48. The molecule has 0 aliphatic rings. The number of rotatable bonds is 7. The number of pyridine rings is 1. The van der Waals surface area contributed by atoms with E-state index in [0.29, 0.717) is 24.7 Å². The molecule has 17 heavy (non-hydrogen) atoms. The predicted molar refractivity (Wildman–Crippen MR) is 63.2 cm³/mol. The third-order valence-corrected chi connectivity index (χ3v) is 2.07. The Bertz CT molecular complexity index is 345. The largest absolute Gasteiger partial charge is 0.473 e. The number of nitrogens with two attached hydrogens (primary N) is 1. The van der Waals surface area contributed by atoms with Crippen LogP contribution in [0.4, 0.5) is 4.39 Å². The van der Waals surface area contributed by atoms with Crippen LogP contribution in [0.1, 0.15) is 19.4 Å². The minimum Gasteiger partial charge on any atom is -0.473 e. The Labute approximate surface area is 101 Å². The van der Waals surface area contributed by atoms with E-state index < -0.39 is 5.82 Å². The molecule has 0 atom stereocenters. The molecule has 1 aromatic rings. The standard InChI is InChI=1S/C12H19FN2O2/c1-9(2)8-16-5-6-17-12-11(13)10(7-14)3-4-15-12/h3-4,9H,5-8,14H2,1-2H3. The minimum absolute atomic E-state index is 0.0129. The molecule has 0 aliphatic carbocycles. The highest BCUT2D eigenvalue weighted by Gasteiger charge is 2.09. The van der Waals surface area contributed by atoms with E-state index >= 15 is 0 Å². The Morgan fingerprint density at radius 3 is 2.82 bits per heavy atom. The number of halogens is 1. The van der Waals surface area contributed by atoms with Crippen LogP contribution >= 0.6 is 0 Å². The van der Waals surface area contributed by atoms with E-state index in [1.165, 1.54) is 12.3 Å². The highest BCUT2D eigenvalue weighted by atomic mass is 19.1. The van der Waals surface area contributed by atoms with Crippen molar-refractivity contribution < 1.29 is 13.9 Å². The molecule has 0 spiro atoms. The minimum atomic E-state index is -0.487. The molecule has 0 aromatic carbocycles. The van der Waals surface area contributed by atoms with Crippen molar-refractivity contribution in [1.29, 1.82) is 0 Å². The summed E-state index contributed by atoms with van der Waals surface area (Å²) in [6.45, 7) is 5.63. The van der Waals surface area contributed by atoms with Gasteiger partial charge in [0.25, 0.3) is 5.88 Å². The average molecular weight is 242 g/mol. The Hall–Kier alpha value is -1.20. The highest BCUT2D eigenvalue weighted by Crippen LogP contribution is 2.16. The van der Waals surface area contributed by atoms with Crippen LogP contribution in [0, 0.1) is 11.7 Å². The quantitative estimate of drug-likeness (QED) is 0.740. The van der Waals surface area contributed by atoms with E-state index in [1.54, 1.807) is 0 Å². The first-order valence-corrected chi connectivity index (χ1v) is 5.69. The summed E-state index contributed by atoms with van der Waals surface area (Å²) in [7, 11) is 0. The first kappa shape index (κ1) is 13.9. The molecule has 0 amide bonds. The van der Waals surface area contributed by atoms with E-state index in [9.17, 15) is 4.39 Å². The van der Waals surface area contributed by atoms with E-state index in [1.807, 2.05) is 0 Å². The van der Waals surface area contributed by atoms with Crippen LogP contribution in [0.5, 0.6) is 5.88 Å². The zero-order chi connectivity index (χ0) is 12.7. The maximum atomic E-state index is 13.6. The Morgan fingerprint density at radius 1 is 1.41 bits per heavy atom. The lowest BCUT2D eigenvalue weighted by atomic mass is 10.2. The molecule has 1 rings (SSSR count). The van der Waals surface area contributed by atoms with Crippen molar-refractivity contribution in [3.8, 4) is 5.88 Å². The molecule has 0 aliphatic heterocycles.